The zero-order valence-corrected chi connectivity index (χ0v) is 20.2. The molecule has 1 aliphatic rings. The van der Waals surface area contributed by atoms with Crippen molar-refractivity contribution >= 4 is 33.5 Å². The fourth-order valence-corrected chi connectivity index (χ4v) is 5.05. The number of carbonyl (C=O) groups is 2. The lowest BCUT2D eigenvalue weighted by molar-refractivity contribution is -0.141. The highest BCUT2D eigenvalue weighted by atomic mass is 35.5. The Bertz CT molecular complexity index is 1090. The number of likely N-dealkylation sites (N-methyl/N-ethyl adjacent to an activating group) is 1. The first-order valence-corrected chi connectivity index (χ1v) is 12.6. The van der Waals surface area contributed by atoms with Crippen molar-refractivity contribution in [3.63, 3.8) is 0 Å². The third kappa shape index (κ3) is 6.54. The topological polar surface area (TPSA) is 96.0 Å². The first-order chi connectivity index (χ1) is 15.7. The van der Waals surface area contributed by atoms with E-state index in [4.69, 9.17) is 16.3 Å². The molecule has 1 saturated heterocycles. The smallest absolute Gasteiger partial charge is 0.338 e. The molecular weight excluding hydrogens is 466 g/mol. The average Bonchev–Trinajstić information content (AvgIpc) is 2.83. The van der Waals surface area contributed by atoms with Gasteiger partial charge >= 0.3 is 5.97 Å². The van der Waals surface area contributed by atoms with Gasteiger partial charge in [0.15, 0.2) is 6.10 Å². The van der Waals surface area contributed by atoms with Crippen LogP contribution in [0.3, 0.4) is 0 Å². The first kappa shape index (κ1) is 25.2. The van der Waals surface area contributed by atoms with Crippen LogP contribution in [-0.4, -0.2) is 68.9 Å². The lowest BCUT2D eigenvalue weighted by Gasteiger charge is -2.35. The van der Waals surface area contributed by atoms with Crippen LogP contribution >= 0.6 is 11.6 Å². The maximum Gasteiger partial charge on any atom is 0.338 e. The number of hydrogen-bond acceptors (Lipinski definition) is 6. The molecule has 1 aliphatic heterocycles. The van der Waals surface area contributed by atoms with Crippen LogP contribution in [-0.2, 0) is 26.1 Å². The Morgan fingerprint density at radius 2 is 1.76 bits per heavy atom. The van der Waals surface area contributed by atoms with Gasteiger partial charge in [0, 0.05) is 32.7 Å². The SMILES string of the molecule is CCN1CCN(C(=O)[C@H](C)OC(=O)c2ccc(Cl)c(S(=O)(=O)NCc3ccccc3)c2)CC1. The highest BCUT2D eigenvalue weighted by Crippen LogP contribution is 2.24. The Morgan fingerprint density at radius 1 is 1.09 bits per heavy atom. The molecule has 1 amide bonds. The molecule has 1 heterocycles. The molecule has 0 spiro atoms. The molecule has 0 saturated carbocycles. The van der Waals surface area contributed by atoms with Gasteiger partial charge in [-0.25, -0.2) is 17.9 Å². The largest absolute Gasteiger partial charge is 0.449 e. The normalized spacial score (nSPS) is 15.8. The van der Waals surface area contributed by atoms with Gasteiger partial charge in [-0.3, -0.25) is 4.79 Å². The third-order valence-electron chi connectivity index (χ3n) is 5.53. The van der Waals surface area contributed by atoms with Gasteiger partial charge in [-0.15, -0.1) is 0 Å². The second-order valence-electron chi connectivity index (χ2n) is 7.76. The average molecular weight is 494 g/mol. The molecule has 1 fully saturated rings. The van der Waals surface area contributed by atoms with Gasteiger partial charge < -0.3 is 14.5 Å². The van der Waals surface area contributed by atoms with Gasteiger partial charge in [-0.1, -0.05) is 48.9 Å². The number of ether oxygens (including phenoxy) is 1. The van der Waals surface area contributed by atoms with Crippen molar-refractivity contribution in [2.75, 3.05) is 32.7 Å². The van der Waals surface area contributed by atoms with Crippen LogP contribution in [0.1, 0.15) is 29.8 Å². The Kier molecular flexibility index (Phi) is 8.47. The number of carbonyl (C=O) groups excluding carboxylic acids is 2. The molecule has 0 unspecified atom stereocenters. The summed E-state index contributed by atoms with van der Waals surface area (Å²) in [6.45, 7) is 7.28. The maximum absolute atomic E-state index is 12.8. The van der Waals surface area contributed by atoms with E-state index in [0.29, 0.717) is 13.1 Å². The van der Waals surface area contributed by atoms with Crippen LogP contribution in [0, 0.1) is 0 Å². The molecule has 178 valence electrons. The number of nitrogens with zero attached hydrogens (tertiary/aromatic N) is 2. The standard InChI is InChI=1S/C23H28ClN3O5S/c1-3-26-11-13-27(14-12-26)22(28)17(2)32-23(29)19-9-10-20(24)21(15-19)33(30,31)25-16-18-7-5-4-6-8-18/h4-10,15,17,25H,3,11-14,16H2,1-2H3/t17-/m0/s1. The minimum absolute atomic E-state index is 0.00469. The van der Waals surface area contributed by atoms with E-state index in [-0.39, 0.29) is 27.9 Å². The van der Waals surface area contributed by atoms with E-state index in [2.05, 4.69) is 16.5 Å². The van der Waals surface area contributed by atoms with E-state index < -0.39 is 22.1 Å². The van der Waals surface area contributed by atoms with Gasteiger partial charge in [-0.05, 0) is 37.2 Å². The summed E-state index contributed by atoms with van der Waals surface area (Å²) in [4.78, 5) is 29.0. The summed E-state index contributed by atoms with van der Waals surface area (Å²) in [5.41, 5.74) is 0.773. The van der Waals surface area contributed by atoms with Crippen molar-refractivity contribution in [3.8, 4) is 0 Å². The summed E-state index contributed by atoms with van der Waals surface area (Å²) in [7, 11) is -3.98. The molecule has 8 nitrogen and oxygen atoms in total. The number of benzene rings is 2. The van der Waals surface area contributed by atoms with Crippen molar-refractivity contribution in [1.29, 1.82) is 0 Å². The van der Waals surface area contributed by atoms with Crippen LogP contribution in [0.15, 0.2) is 53.4 Å². The number of nitrogens with one attached hydrogen (secondary N) is 1. The number of amides is 1. The predicted octanol–water partition coefficient (Wildman–Crippen LogP) is 2.53. The van der Waals surface area contributed by atoms with Crippen LogP contribution in [0.2, 0.25) is 5.02 Å². The van der Waals surface area contributed by atoms with E-state index in [1.807, 2.05) is 6.07 Å². The quantitative estimate of drug-likeness (QED) is 0.568. The minimum Gasteiger partial charge on any atom is -0.449 e. The Balaban J connectivity index is 1.66. The second kappa shape index (κ2) is 11.1. The van der Waals surface area contributed by atoms with Crippen LogP contribution in [0.5, 0.6) is 0 Å². The van der Waals surface area contributed by atoms with Crippen LogP contribution in [0.25, 0.3) is 0 Å². The second-order valence-corrected chi connectivity index (χ2v) is 9.91. The molecule has 2 aromatic rings. The fraction of sp³-hybridized carbons (Fsp3) is 0.391. The number of esters is 1. The Hall–Kier alpha value is -2.46. The highest BCUT2D eigenvalue weighted by Gasteiger charge is 2.28. The summed E-state index contributed by atoms with van der Waals surface area (Å²) in [6.07, 6.45) is -0.988. The third-order valence-corrected chi connectivity index (χ3v) is 7.41. The summed E-state index contributed by atoms with van der Waals surface area (Å²) >= 11 is 6.11. The van der Waals surface area contributed by atoms with E-state index in [9.17, 15) is 18.0 Å². The Morgan fingerprint density at radius 3 is 2.39 bits per heavy atom. The summed E-state index contributed by atoms with van der Waals surface area (Å²) in [5, 5.41) is -0.0231. The molecule has 3 rings (SSSR count). The van der Waals surface area contributed by atoms with Gasteiger partial charge in [0.25, 0.3) is 5.91 Å². The van der Waals surface area contributed by atoms with Crippen molar-refractivity contribution in [2.24, 2.45) is 0 Å². The van der Waals surface area contributed by atoms with Gasteiger partial charge in [0.1, 0.15) is 4.90 Å². The summed E-state index contributed by atoms with van der Waals surface area (Å²) in [5.74, 6) is -1.07. The molecule has 0 aromatic heterocycles. The number of rotatable bonds is 8. The number of piperazine rings is 1. The van der Waals surface area contributed by atoms with Crippen LogP contribution < -0.4 is 4.72 Å². The van der Waals surface area contributed by atoms with E-state index in [1.54, 1.807) is 29.2 Å². The molecule has 1 N–H and O–H groups in total. The number of halogens is 1. The first-order valence-electron chi connectivity index (χ1n) is 10.8. The molecule has 33 heavy (non-hydrogen) atoms. The van der Waals surface area contributed by atoms with Crippen LogP contribution in [0.4, 0.5) is 0 Å². The maximum atomic E-state index is 12.8. The van der Waals surface area contributed by atoms with Crippen molar-refractivity contribution in [3.05, 3.63) is 64.7 Å². The zero-order chi connectivity index (χ0) is 24.0. The minimum atomic E-state index is -3.98. The number of hydrogen-bond donors (Lipinski definition) is 1. The highest BCUT2D eigenvalue weighted by molar-refractivity contribution is 7.89. The molecule has 0 bridgehead atoms. The van der Waals surface area contributed by atoms with E-state index in [0.717, 1.165) is 31.3 Å². The molecule has 10 heteroatoms. The van der Waals surface area contributed by atoms with Gasteiger partial charge in [0.2, 0.25) is 10.0 Å². The van der Waals surface area contributed by atoms with Crippen molar-refractivity contribution in [1.82, 2.24) is 14.5 Å². The zero-order valence-electron chi connectivity index (χ0n) is 18.7. The fourth-order valence-electron chi connectivity index (χ4n) is 3.51. The summed E-state index contributed by atoms with van der Waals surface area (Å²) in [6, 6.07) is 12.9. The van der Waals surface area contributed by atoms with Crippen molar-refractivity contribution in [2.45, 2.75) is 31.4 Å². The molecule has 0 radical (unpaired) electrons. The monoisotopic (exact) mass is 493 g/mol. The number of sulfonamides is 1. The van der Waals surface area contributed by atoms with Gasteiger partial charge in [-0.2, -0.15) is 0 Å². The lowest BCUT2D eigenvalue weighted by atomic mass is 10.2. The lowest BCUT2D eigenvalue weighted by Crippen LogP contribution is -2.51. The molecule has 1 atom stereocenters. The molecular formula is C23H28ClN3O5S. The summed E-state index contributed by atoms with van der Waals surface area (Å²) < 4.78 is 33.4. The molecule has 2 aromatic carbocycles. The van der Waals surface area contributed by atoms with Gasteiger partial charge in [0.05, 0.1) is 10.6 Å². The van der Waals surface area contributed by atoms with E-state index >= 15 is 0 Å². The van der Waals surface area contributed by atoms with E-state index in [1.165, 1.54) is 19.1 Å². The molecule has 0 aliphatic carbocycles. The Labute approximate surface area is 199 Å². The predicted molar refractivity (Wildman–Crippen MR) is 125 cm³/mol. The van der Waals surface area contributed by atoms with Crippen molar-refractivity contribution < 1.29 is 22.7 Å².